The molecule has 0 amide bonds. The van der Waals surface area contributed by atoms with Crippen molar-refractivity contribution in [3.8, 4) is 22.6 Å². The summed E-state index contributed by atoms with van der Waals surface area (Å²) in [5, 5.41) is 19.9. The molecule has 4 aromatic carbocycles. The molecule has 0 aliphatic carbocycles. The fraction of sp³-hybridized carbons (Fsp3) is 0.118. The van der Waals surface area contributed by atoms with E-state index in [1.165, 1.54) is 6.07 Å². The molecule has 2 N–H and O–H groups in total. The van der Waals surface area contributed by atoms with Crippen molar-refractivity contribution in [3.05, 3.63) is 127 Å². The zero-order valence-corrected chi connectivity index (χ0v) is 22.9. The standard InChI is InChI=1S/C34H31NO6/c1-5-33(38)40-31-19-27(20-32(21-31)41-34(39)6-2)26-11-17-30(18-12-26)35(28-13-7-24(8-14-28)22(3)36)29-15-9-25(10-16-29)23(4)37/h5-23,36-37H,1-2H2,3-4H3. The third-order valence-corrected chi connectivity index (χ3v) is 6.38. The molecule has 2 unspecified atom stereocenters. The van der Waals surface area contributed by atoms with Gasteiger partial charge in [0.2, 0.25) is 0 Å². The van der Waals surface area contributed by atoms with Gasteiger partial charge in [-0.3, -0.25) is 0 Å². The third-order valence-electron chi connectivity index (χ3n) is 6.38. The minimum Gasteiger partial charge on any atom is -0.423 e. The van der Waals surface area contributed by atoms with Crippen molar-refractivity contribution in [2.45, 2.75) is 26.1 Å². The molecule has 41 heavy (non-hydrogen) atoms. The van der Waals surface area contributed by atoms with Gasteiger partial charge in [0.05, 0.1) is 12.2 Å². The number of hydrogen-bond donors (Lipinski definition) is 2. The Hall–Kier alpha value is -4.98. The van der Waals surface area contributed by atoms with Gasteiger partial charge in [0, 0.05) is 35.3 Å². The summed E-state index contributed by atoms with van der Waals surface area (Å²) in [4.78, 5) is 25.7. The van der Waals surface area contributed by atoms with Gasteiger partial charge in [-0.25, -0.2) is 9.59 Å². The fourth-order valence-corrected chi connectivity index (χ4v) is 4.23. The Kier molecular flexibility index (Phi) is 9.14. The maximum absolute atomic E-state index is 11.8. The molecule has 4 rings (SSSR count). The van der Waals surface area contributed by atoms with E-state index in [0.29, 0.717) is 5.56 Å². The number of aliphatic hydroxyl groups excluding tert-OH is 2. The summed E-state index contributed by atoms with van der Waals surface area (Å²) in [6, 6.07) is 27.8. The molecule has 7 heteroatoms. The van der Waals surface area contributed by atoms with Crippen molar-refractivity contribution in [2.24, 2.45) is 0 Å². The molecule has 4 aromatic rings. The van der Waals surface area contributed by atoms with Crippen LogP contribution in [-0.2, 0) is 9.59 Å². The van der Waals surface area contributed by atoms with Crippen LogP contribution in [0.3, 0.4) is 0 Å². The topological polar surface area (TPSA) is 96.3 Å². The van der Waals surface area contributed by atoms with E-state index in [4.69, 9.17) is 9.47 Å². The van der Waals surface area contributed by atoms with E-state index >= 15 is 0 Å². The lowest BCUT2D eigenvalue weighted by Gasteiger charge is -2.26. The van der Waals surface area contributed by atoms with Crippen molar-refractivity contribution in [1.29, 1.82) is 0 Å². The van der Waals surface area contributed by atoms with Crippen LogP contribution in [0.4, 0.5) is 17.1 Å². The molecule has 7 nitrogen and oxygen atoms in total. The monoisotopic (exact) mass is 549 g/mol. The molecule has 0 bridgehead atoms. The Bertz CT molecular complexity index is 1450. The molecule has 2 atom stereocenters. The van der Waals surface area contributed by atoms with Crippen molar-refractivity contribution in [2.75, 3.05) is 4.90 Å². The van der Waals surface area contributed by atoms with Crippen LogP contribution in [0, 0.1) is 0 Å². The van der Waals surface area contributed by atoms with E-state index in [9.17, 15) is 19.8 Å². The number of carbonyl (C=O) groups is 2. The molecule has 0 spiro atoms. The van der Waals surface area contributed by atoms with Gasteiger partial charge in [-0.15, -0.1) is 0 Å². The predicted octanol–water partition coefficient (Wildman–Crippen LogP) is 7.11. The maximum Gasteiger partial charge on any atom is 0.335 e. The number of anilines is 3. The number of rotatable bonds is 10. The molecular formula is C34H31NO6. The first-order valence-corrected chi connectivity index (χ1v) is 13.0. The highest BCUT2D eigenvalue weighted by Gasteiger charge is 2.15. The van der Waals surface area contributed by atoms with Gasteiger partial charge < -0.3 is 24.6 Å². The highest BCUT2D eigenvalue weighted by molar-refractivity contribution is 5.86. The van der Waals surface area contributed by atoms with Gasteiger partial charge in [0.25, 0.3) is 0 Å². The van der Waals surface area contributed by atoms with Crippen molar-refractivity contribution in [3.63, 3.8) is 0 Å². The van der Waals surface area contributed by atoms with E-state index in [1.807, 2.05) is 72.8 Å². The predicted molar refractivity (Wildman–Crippen MR) is 159 cm³/mol. The summed E-state index contributed by atoms with van der Waals surface area (Å²) in [6.45, 7) is 10.3. The largest absolute Gasteiger partial charge is 0.423 e. The summed E-state index contributed by atoms with van der Waals surface area (Å²) < 4.78 is 10.6. The molecular weight excluding hydrogens is 518 g/mol. The summed E-state index contributed by atoms with van der Waals surface area (Å²) in [7, 11) is 0. The SMILES string of the molecule is C=CC(=O)Oc1cc(OC(=O)C=C)cc(-c2ccc(N(c3ccc(C(C)O)cc3)c3ccc(C(C)O)cc3)cc2)c1. The average Bonchev–Trinajstić information content (AvgIpc) is 2.98. The molecule has 0 radical (unpaired) electrons. The minimum absolute atomic E-state index is 0.196. The van der Waals surface area contributed by atoms with Crippen LogP contribution in [0.2, 0.25) is 0 Å². The Morgan fingerprint density at radius 3 is 1.34 bits per heavy atom. The Morgan fingerprint density at radius 2 is 1.00 bits per heavy atom. The maximum atomic E-state index is 11.8. The van der Waals surface area contributed by atoms with E-state index in [-0.39, 0.29) is 11.5 Å². The van der Waals surface area contributed by atoms with Crippen LogP contribution >= 0.6 is 0 Å². The minimum atomic E-state index is -0.641. The van der Waals surface area contributed by atoms with Gasteiger partial charge in [-0.05, 0) is 84.6 Å². The van der Waals surface area contributed by atoms with Crippen molar-refractivity contribution in [1.82, 2.24) is 0 Å². The zero-order chi connectivity index (χ0) is 29.5. The number of carbonyl (C=O) groups excluding carboxylic acids is 2. The molecule has 0 heterocycles. The molecule has 208 valence electrons. The fourth-order valence-electron chi connectivity index (χ4n) is 4.23. The van der Waals surface area contributed by atoms with Crippen LogP contribution < -0.4 is 14.4 Å². The number of ether oxygens (including phenoxy) is 2. The molecule has 0 saturated heterocycles. The van der Waals surface area contributed by atoms with Gasteiger partial charge in [-0.1, -0.05) is 49.6 Å². The lowest BCUT2D eigenvalue weighted by atomic mass is 10.0. The molecule has 0 aromatic heterocycles. The van der Waals surface area contributed by atoms with Gasteiger partial charge in [0.15, 0.2) is 0 Å². The van der Waals surface area contributed by atoms with Gasteiger partial charge >= 0.3 is 11.9 Å². The number of nitrogens with zero attached hydrogens (tertiary/aromatic N) is 1. The number of esters is 2. The summed E-state index contributed by atoms with van der Waals surface area (Å²) in [6.07, 6.45) is 0.929. The van der Waals surface area contributed by atoms with Crippen molar-refractivity contribution < 1.29 is 29.3 Å². The molecule has 0 saturated carbocycles. The smallest absolute Gasteiger partial charge is 0.335 e. The molecule has 0 aliphatic heterocycles. The van der Waals surface area contributed by atoms with E-state index in [0.717, 1.165) is 45.9 Å². The van der Waals surface area contributed by atoms with E-state index < -0.39 is 24.1 Å². The zero-order valence-electron chi connectivity index (χ0n) is 22.9. The average molecular weight is 550 g/mol. The Morgan fingerprint density at radius 1 is 0.634 bits per heavy atom. The Balaban J connectivity index is 1.74. The quantitative estimate of drug-likeness (QED) is 0.124. The van der Waals surface area contributed by atoms with Crippen molar-refractivity contribution >= 4 is 29.0 Å². The summed E-state index contributed by atoms with van der Waals surface area (Å²) in [5.41, 5.74) is 5.67. The molecule has 0 fully saturated rings. The van der Waals surface area contributed by atoms with Crippen LogP contribution in [0.1, 0.15) is 37.2 Å². The lowest BCUT2D eigenvalue weighted by Crippen LogP contribution is -2.10. The first-order chi connectivity index (χ1) is 19.7. The second kappa shape index (κ2) is 12.9. The van der Waals surface area contributed by atoms with E-state index in [1.54, 1.807) is 26.0 Å². The lowest BCUT2D eigenvalue weighted by molar-refractivity contribution is -0.129. The Labute approximate surface area is 239 Å². The second-order valence-electron chi connectivity index (χ2n) is 9.36. The van der Waals surface area contributed by atoms with Crippen LogP contribution in [-0.4, -0.2) is 22.2 Å². The number of aliphatic hydroxyl groups is 2. The highest BCUT2D eigenvalue weighted by Crippen LogP contribution is 2.37. The van der Waals surface area contributed by atoms with Gasteiger partial charge in [0.1, 0.15) is 11.5 Å². The summed E-state index contributed by atoms with van der Waals surface area (Å²) >= 11 is 0. The number of hydrogen-bond acceptors (Lipinski definition) is 7. The van der Waals surface area contributed by atoms with E-state index in [2.05, 4.69) is 18.1 Å². The van der Waals surface area contributed by atoms with Crippen LogP contribution in [0.5, 0.6) is 11.5 Å². The molecule has 0 aliphatic rings. The highest BCUT2D eigenvalue weighted by atomic mass is 16.5. The normalized spacial score (nSPS) is 12.1. The first-order valence-electron chi connectivity index (χ1n) is 13.0. The first kappa shape index (κ1) is 29.0. The van der Waals surface area contributed by atoms with Crippen LogP contribution in [0.25, 0.3) is 11.1 Å². The number of benzene rings is 4. The summed E-state index contributed by atoms with van der Waals surface area (Å²) in [5.74, 6) is -0.891. The van der Waals surface area contributed by atoms with Gasteiger partial charge in [-0.2, -0.15) is 0 Å². The van der Waals surface area contributed by atoms with Crippen LogP contribution in [0.15, 0.2) is 116 Å². The second-order valence-corrected chi connectivity index (χ2v) is 9.36. The third kappa shape index (κ3) is 7.16.